The van der Waals surface area contributed by atoms with Crippen molar-refractivity contribution in [3.63, 3.8) is 0 Å². The molecule has 0 spiro atoms. The van der Waals surface area contributed by atoms with E-state index in [2.05, 4.69) is 10.6 Å². The van der Waals surface area contributed by atoms with Crippen molar-refractivity contribution in [3.8, 4) is 0 Å². The van der Waals surface area contributed by atoms with E-state index < -0.39 is 25.7 Å². The predicted octanol–water partition coefficient (Wildman–Crippen LogP) is 3.08. The van der Waals surface area contributed by atoms with Gasteiger partial charge in [-0.3, -0.25) is 9.59 Å². The van der Waals surface area contributed by atoms with Gasteiger partial charge >= 0.3 is 46.0 Å². The van der Waals surface area contributed by atoms with Crippen LogP contribution in [0.4, 0.5) is 11.4 Å². The maximum atomic E-state index is 11.9. The molecule has 2 aromatic carbocycles. The van der Waals surface area contributed by atoms with Crippen LogP contribution in [0.25, 0.3) is 0 Å². The summed E-state index contributed by atoms with van der Waals surface area (Å²) in [6.45, 7) is 15.7. The van der Waals surface area contributed by atoms with Crippen molar-refractivity contribution in [1.82, 2.24) is 10.6 Å². The Labute approximate surface area is 172 Å². The van der Waals surface area contributed by atoms with Crippen LogP contribution in [0.15, 0.2) is 48.5 Å². The number of carbonyl (C=O) groups excluding carboxylic acids is 2. The van der Waals surface area contributed by atoms with Crippen LogP contribution in [0.1, 0.15) is 20.7 Å². The van der Waals surface area contributed by atoms with Crippen LogP contribution in [-0.4, -0.2) is 24.9 Å². The van der Waals surface area contributed by atoms with Crippen LogP contribution >= 0.6 is 20.4 Å². The number of hydrogen-bond donors (Lipinski definition) is 4. The molecule has 2 aromatic rings. The quantitative estimate of drug-likeness (QED) is 0.343. The van der Waals surface area contributed by atoms with Crippen LogP contribution < -0.4 is 22.1 Å². The molecule has 0 aliphatic heterocycles. The third kappa shape index (κ3) is 8.62. The van der Waals surface area contributed by atoms with E-state index in [0.717, 1.165) is 0 Å². The molecule has 0 bridgehead atoms. The van der Waals surface area contributed by atoms with Crippen molar-refractivity contribution >= 4 is 43.6 Å². The van der Waals surface area contributed by atoms with Gasteiger partial charge in [0.25, 0.3) is 11.8 Å². The number of benzene rings is 2. The van der Waals surface area contributed by atoms with Crippen molar-refractivity contribution in [3.05, 3.63) is 59.7 Å². The van der Waals surface area contributed by atoms with E-state index in [1.165, 1.54) is 0 Å². The van der Waals surface area contributed by atoms with Gasteiger partial charge in [0.1, 0.15) is 0 Å². The van der Waals surface area contributed by atoms with E-state index in [9.17, 15) is 9.59 Å². The van der Waals surface area contributed by atoms with Gasteiger partial charge < -0.3 is 22.1 Å². The number of nitrogen functional groups attached to an aromatic ring is 2. The maximum absolute atomic E-state index is 11.9. The van der Waals surface area contributed by atoms with E-state index in [1.54, 1.807) is 48.5 Å². The zero-order valence-corrected chi connectivity index (χ0v) is 19.6. The standard InChI is InChI=1S/C16H18N4O2.3ClH.La/c17-13-7-3-1-5-11(13)15(21)19-9-10-20-16(22)12-6-2-4-8-14(12)18;;;;/h1-8H,9-10,17-18H2,(H,19,21)(H,20,22);3*1H;/q;;;;+3/p-3. The molecule has 0 aliphatic carbocycles. The Morgan fingerprint density at radius 2 is 1.08 bits per heavy atom. The summed E-state index contributed by atoms with van der Waals surface area (Å²) in [5.41, 5.74) is 13.1. The number of para-hydroxylation sites is 2. The molecular weight excluding hydrogens is 525 g/mol. The second-order valence-corrected chi connectivity index (χ2v) is 20.9. The summed E-state index contributed by atoms with van der Waals surface area (Å²) in [5, 5.41) is 5.39. The molecule has 0 fully saturated rings. The van der Waals surface area contributed by atoms with Gasteiger partial charge in [-0.2, -0.15) is 0 Å². The topological polar surface area (TPSA) is 110 Å². The minimum absolute atomic E-state index is 0.272. The first-order valence-electron chi connectivity index (χ1n) is 7.50. The van der Waals surface area contributed by atoms with Gasteiger partial charge in [0.15, 0.2) is 0 Å². The number of amides is 2. The molecule has 0 atom stereocenters. The van der Waals surface area contributed by atoms with Crippen molar-refractivity contribution in [2.24, 2.45) is 0 Å². The predicted molar refractivity (Wildman–Crippen MR) is 104 cm³/mol. The summed E-state index contributed by atoms with van der Waals surface area (Å²) < 4.78 is 0. The molecule has 2 rings (SSSR count). The van der Waals surface area contributed by atoms with Gasteiger partial charge in [0, 0.05) is 24.5 Å². The van der Waals surface area contributed by atoms with Gasteiger partial charge in [-0.05, 0) is 24.3 Å². The first kappa shape index (κ1) is 23.1. The first-order valence-corrected chi connectivity index (χ1v) is 21.1. The SMILES string of the molecule is Nc1ccccc1C(=O)NCCNC(=O)c1ccccc1N.[Cl][La]([Cl])[Cl]. The molecule has 0 radical (unpaired) electrons. The Hall–Kier alpha value is -0.955. The first-order chi connectivity index (χ1) is 12.3. The molecule has 26 heavy (non-hydrogen) atoms. The molecule has 0 saturated carbocycles. The molecule has 6 nitrogen and oxygen atoms in total. The van der Waals surface area contributed by atoms with Crippen LogP contribution in [0, 0.1) is 25.7 Å². The van der Waals surface area contributed by atoms with Crippen molar-refractivity contribution in [2.75, 3.05) is 24.6 Å². The Morgan fingerprint density at radius 1 is 0.769 bits per heavy atom. The number of anilines is 2. The van der Waals surface area contributed by atoms with Gasteiger partial charge in [-0.15, -0.1) is 0 Å². The Bertz CT molecular complexity index is 685. The Kier molecular flexibility index (Phi) is 11.0. The molecule has 10 heteroatoms. The zero-order valence-electron chi connectivity index (χ0n) is 13.7. The Morgan fingerprint density at radius 3 is 1.38 bits per heavy atom. The monoisotopic (exact) mass is 542 g/mol. The van der Waals surface area contributed by atoms with E-state index in [4.69, 9.17) is 31.8 Å². The molecule has 0 heterocycles. The summed E-state index contributed by atoms with van der Waals surface area (Å²) in [5.74, 6) is -0.543. The summed E-state index contributed by atoms with van der Waals surface area (Å²) in [7, 11) is 0. The van der Waals surface area contributed by atoms with Crippen molar-refractivity contribution < 1.29 is 35.2 Å². The van der Waals surface area contributed by atoms with Crippen LogP contribution in [0.5, 0.6) is 0 Å². The van der Waals surface area contributed by atoms with E-state index in [-0.39, 0.29) is 11.8 Å². The van der Waals surface area contributed by atoms with Gasteiger partial charge in [0.2, 0.25) is 0 Å². The molecule has 0 saturated heterocycles. The van der Waals surface area contributed by atoms with Crippen LogP contribution in [0.2, 0.25) is 0 Å². The van der Waals surface area contributed by atoms with E-state index >= 15 is 0 Å². The molecule has 0 aliphatic rings. The van der Waals surface area contributed by atoms with E-state index in [1.807, 2.05) is 0 Å². The molecule has 0 aromatic heterocycles. The molecule has 2 amide bonds. The molecule has 138 valence electrons. The Balaban J connectivity index is 0.000000765. The second kappa shape index (κ2) is 12.4. The normalized spacial score (nSPS) is 9.50. The minimum atomic E-state index is -2.31. The number of carbonyl (C=O) groups is 2. The third-order valence-corrected chi connectivity index (χ3v) is 3.11. The summed E-state index contributed by atoms with van der Waals surface area (Å²) >= 11 is -2.31. The summed E-state index contributed by atoms with van der Waals surface area (Å²) in [4.78, 5) is 23.8. The number of halogens is 3. The van der Waals surface area contributed by atoms with Crippen molar-refractivity contribution in [2.45, 2.75) is 0 Å². The number of nitrogens with two attached hydrogens (primary N) is 2. The zero-order chi connectivity index (χ0) is 19.5. The van der Waals surface area contributed by atoms with Crippen LogP contribution in [-0.2, 0) is 0 Å². The molecular formula is C16H18Cl3LaN4O2. The average molecular weight is 544 g/mol. The fraction of sp³-hybridized carbons (Fsp3) is 0.125. The summed E-state index contributed by atoms with van der Waals surface area (Å²) in [6.07, 6.45) is 0. The number of rotatable bonds is 5. The summed E-state index contributed by atoms with van der Waals surface area (Å²) in [6, 6.07) is 13.6. The fourth-order valence-electron chi connectivity index (χ4n) is 1.95. The van der Waals surface area contributed by atoms with Gasteiger partial charge in [0.05, 0.1) is 11.1 Å². The van der Waals surface area contributed by atoms with Gasteiger partial charge in [-0.25, -0.2) is 0 Å². The molecule has 0 unspecified atom stereocenters. The van der Waals surface area contributed by atoms with Crippen molar-refractivity contribution in [1.29, 1.82) is 0 Å². The number of nitrogens with one attached hydrogen (secondary N) is 2. The number of hydrogen-bond acceptors (Lipinski definition) is 4. The van der Waals surface area contributed by atoms with E-state index in [0.29, 0.717) is 35.6 Å². The fourth-order valence-corrected chi connectivity index (χ4v) is 1.95. The average Bonchev–Trinajstić information content (AvgIpc) is 2.58. The van der Waals surface area contributed by atoms with Crippen LogP contribution in [0.3, 0.4) is 0 Å². The second-order valence-electron chi connectivity index (χ2n) is 4.93. The molecule has 6 N–H and O–H groups in total. The van der Waals surface area contributed by atoms with Gasteiger partial charge in [-0.1, -0.05) is 24.3 Å². The third-order valence-electron chi connectivity index (χ3n) is 3.11.